The van der Waals surface area contributed by atoms with Gasteiger partial charge < -0.3 is 24.4 Å². The third-order valence-electron chi connectivity index (χ3n) is 7.77. The van der Waals surface area contributed by atoms with Gasteiger partial charge in [-0.15, -0.1) is 13.2 Å². The second-order valence-corrected chi connectivity index (χ2v) is 9.76. The summed E-state index contributed by atoms with van der Waals surface area (Å²) < 4.78 is 55.6. The zero-order valence-corrected chi connectivity index (χ0v) is 19.2. The normalized spacial score (nSPS) is 23.2. The number of carboxylic acid groups (broad SMARTS) is 1. The second-order valence-electron chi connectivity index (χ2n) is 9.76. The van der Waals surface area contributed by atoms with Gasteiger partial charge in [0.05, 0.1) is 11.4 Å². The van der Waals surface area contributed by atoms with Crippen molar-refractivity contribution in [3.63, 3.8) is 0 Å². The highest BCUT2D eigenvalue weighted by Crippen LogP contribution is 2.48. The summed E-state index contributed by atoms with van der Waals surface area (Å²) in [6, 6.07) is 2.22. The number of aryl methyl sites for hydroxylation is 1. The van der Waals surface area contributed by atoms with E-state index < -0.39 is 35.5 Å². The molecule has 2 unspecified atom stereocenters. The molecule has 1 spiro atoms. The number of ether oxygens (including phenoxy) is 1. The summed E-state index contributed by atoms with van der Waals surface area (Å²) in [6.45, 7) is 1.10. The number of hydrogen-bond donors (Lipinski definition) is 1. The molecule has 1 aromatic carbocycles. The molecule has 0 bridgehead atoms. The number of alkyl halides is 3. The molecule has 2 fully saturated rings. The first-order valence-electron chi connectivity index (χ1n) is 11.7. The van der Waals surface area contributed by atoms with E-state index in [-0.39, 0.29) is 30.4 Å². The number of piperidine rings is 1. The van der Waals surface area contributed by atoms with Crippen LogP contribution in [0.15, 0.2) is 18.2 Å². The molecule has 3 aliphatic rings. The predicted octanol–water partition coefficient (Wildman–Crippen LogP) is 1.83. The Morgan fingerprint density at radius 3 is 2.58 bits per heavy atom. The fourth-order valence-electron chi connectivity index (χ4n) is 5.81. The van der Waals surface area contributed by atoms with Crippen LogP contribution in [0.4, 0.5) is 22.4 Å². The van der Waals surface area contributed by atoms with E-state index in [0.717, 1.165) is 22.4 Å². The summed E-state index contributed by atoms with van der Waals surface area (Å²) in [5, 5.41) is 22.5. The van der Waals surface area contributed by atoms with Crippen molar-refractivity contribution in [1.82, 2.24) is 25.2 Å². The topological polar surface area (TPSA) is 114 Å². The number of carbonyl (C=O) groups excluding carboxylic acids is 2. The van der Waals surface area contributed by atoms with Crippen LogP contribution in [-0.4, -0.2) is 69.2 Å². The first kappa shape index (κ1) is 24.3. The van der Waals surface area contributed by atoms with Crippen molar-refractivity contribution < 1.29 is 37.0 Å². The average Bonchev–Trinajstić information content (AvgIpc) is 3.28. The first-order valence-corrected chi connectivity index (χ1v) is 11.7. The Kier molecular flexibility index (Phi) is 6.03. The Morgan fingerprint density at radius 2 is 1.92 bits per heavy atom. The SMILES string of the molecule is O=C(C1CCc2n[nH]nc2C1)N1CCC2(CC1)CN(C(=O)[O-])C2Cc1ccc(OC(F)(F)F)cc1F. The monoisotopic (exact) mass is 510 g/mol. The fourth-order valence-corrected chi connectivity index (χ4v) is 5.81. The Labute approximate surface area is 203 Å². The maximum absolute atomic E-state index is 14.6. The van der Waals surface area contributed by atoms with Gasteiger partial charge in [0.2, 0.25) is 5.91 Å². The molecule has 36 heavy (non-hydrogen) atoms. The van der Waals surface area contributed by atoms with E-state index in [2.05, 4.69) is 20.1 Å². The lowest BCUT2D eigenvalue weighted by Gasteiger charge is -2.61. The number of aromatic amines is 1. The van der Waals surface area contributed by atoms with Crippen LogP contribution < -0.4 is 9.84 Å². The number of aromatic nitrogens is 3. The number of carbonyl (C=O) groups is 2. The van der Waals surface area contributed by atoms with Crippen molar-refractivity contribution in [2.45, 2.75) is 50.9 Å². The Hall–Kier alpha value is -3.38. The number of nitrogens with one attached hydrogen (secondary N) is 1. The highest BCUT2D eigenvalue weighted by atomic mass is 19.4. The van der Waals surface area contributed by atoms with Crippen molar-refractivity contribution in [2.24, 2.45) is 11.3 Å². The molecular formula is C23H24F4N5O4-. The van der Waals surface area contributed by atoms with Gasteiger partial charge in [-0.1, -0.05) is 6.07 Å². The zero-order chi connectivity index (χ0) is 25.7. The number of amides is 2. The molecule has 1 aliphatic carbocycles. The lowest BCUT2D eigenvalue weighted by Crippen LogP contribution is -2.71. The van der Waals surface area contributed by atoms with Gasteiger partial charge in [-0.2, -0.15) is 15.4 Å². The van der Waals surface area contributed by atoms with Crippen LogP contribution in [0.1, 0.15) is 36.2 Å². The summed E-state index contributed by atoms with van der Waals surface area (Å²) >= 11 is 0. The minimum atomic E-state index is -4.95. The molecule has 2 atom stereocenters. The van der Waals surface area contributed by atoms with E-state index in [1.54, 1.807) is 4.90 Å². The standard InChI is InChI=1S/C23H25F4N5O4/c24-16-11-15(36-23(25,26)27)3-1-13(16)10-19-22(12-32(19)21(34)35)5-7-31(8-6-22)20(33)14-2-4-17-18(9-14)29-30-28-17/h1,3,11,14,19H,2,4-10,12H2,(H,34,35)(H,28,29,30)/p-1. The molecule has 2 aliphatic heterocycles. The van der Waals surface area contributed by atoms with Crippen molar-refractivity contribution in [3.05, 3.63) is 41.0 Å². The largest absolute Gasteiger partial charge is 0.573 e. The molecule has 194 valence electrons. The van der Waals surface area contributed by atoms with Crippen LogP contribution in [-0.2, 0) is 24.1 Å². The lowest BCUT2D eigenvalue weighted by atomic mass is 9.63. The number of fused-ring (bicyclic) bond motifs is 1. The molecule has 5 rings (SSSR count). The Morgan fingerprint density at radius 1 is 1.19 bits per heavy atom. The molecular weight excluding hydrogens is 486 g/mol. The third kappa shape index (κ3) is 4.58. The number of H-pyrrole nitrogens is 1. The Bertz CT molecular complexity index is 1160. The number of nitrogens with zero attached hydrogens (tertiary/aromatic N) is 4. The average molecular weight is 510 g/mol. The van der Waals surface area contributed by atoms with Crippen LogP contribution in [0.25, 0.3) is 0 Å². The third-order valence-corrected chi connectivity index (χ3v) is 7.77. The van der Waals surface area contributed by atoms with Gasteiger partial charge in [0.1, 0.15) is 17.7 Å². The maximum Gasteiger partial charge on any atom is 0.573 e. The van der Waals surface area contributed by atoms with Gasteiger partial charge in [-0.05, 0) is 43.7 Å². The van der Waals surface area contributed by atoms with E-state index in [9.17, 15) is 32.3 Å². The minimum absolute atomic E-state index is 0.0163. The number of benzene rings is 1. The van der Waals surface area contributed by atoms with Crippen LogP contribution in [0.2, 0.25) is 0 Å². The van der Waals surface area contributed by atoms with Crippen molar-refractivity contribution in [3.8, 4) is 5.75 Å². The quantitative estimate of drug-likeness (QED) is 0.628. The summed E-state index contributed by atoms with van der Waals surface area (Å²) in [5.41, 5.74) is 1.33. The van der Waals surface area contributed by atoms with Crippen LogP contribution >= 0.6 is 0 Å². The van der Waals surface area contributed by atoms with Crippen LogP contribution in [0.5, 0.6) is 5.75 Å². The molecule has 2 aromatic rings. The van der Waals surface area contributed by atoms with E-state index in [4.69, 9.17) is 0 Å². The lowest BCUT2D eigenvalue weighted by molar-refractivity contribution is -0.284. The highest BCUT2D eigenvalue weighted by Gasteiger charge is 2.54. The van der Waals surface area contributed by atoms with Crippen LogP contribution in [0, 0.1) is 17.2 Å². The Balaban J connectivity index is 1.25. The van der Waals surface area contributed by atoms with Gasteiger partial charge in [-0.3, -0.25) is 4.79 Å². The summed E-state index contributed by atoms with van der Waals surface area (Å²) in [7, 11) is 0. The molecule has 2 amide bonds. The van der Waals surface area contributed by atoms with Gasteiger partial charge in [-0.25, -0.2) is 4.39 Å². The molecule has 3 heterocycles. The molecule has 2 saturated heterocycles. The maximum atomic E-state index is 14.6. The smallest absolute Gasteiger partial charge is 0.530 e. The molecule has 1 N–H and O–H groups in total. The van der Waals surface area contributed by atoms with Gasteiger partial charge in [0, 0.05) is 49.5 Å². The van der Waals surface area contributed by atoms with Crippen molar-refractivity contribution in [1.29, 1.82) is 0 Å². The van der Waals surface area contributed by atoms with E-state index in [1.807, 2.05) is 0 Å². The number of hydrogen-bond acceptors (Lipinski definition) is 6. The molecule has 0 saturated carbocycles. The van der Waals surface area contributed by atoms with Crippen molar-refractivity contribution >= 4 is 12.0 Å². The van der Waals surface area contributed by atoms with E-state index in [0.29, 0.717) is 51.3 Å². The second kappa shape index (κ2) is 8.93. The number of rotatable bonds is 4. The predicted molar refractivity (Wildman–Crippen MR) is 113 cm³/mol. The molecule has 9 nitrogen and oxygen atoms in total. The van der Waals surface area contributed by atoms with E-state index >= 15 is 0 Å². The number of likely N-dealkylation sites (tertiary alicyclic amines) is 2. The molecule has 13 heteroatoms. The summed E-state index contributed by atoms with van der Waals surface area (Å²) in [6.07, 6.45) is -3.38. The highest BCUT2D eigenvalue weighted by molar-refractivity contribution is 5.79. The van der Waals surface area contributed by atoms with E-state index in [1.165, 1.54) is 6.07 Å². The zero-order valence-electron chi connectivity index (χ0n) is 19.2. The number of halogens is 4. The van der Waals surface area contributed by atoms with Crippen LogP contribution in [0.3, 0.4) is 0 Å². The van der Waals surface area contributed by atoms with Crippen molar-refractivity contribution in [2.75, 3.05) is 19.6 Å². The van der Waals surface area contributed by atoms with Gasteiger partial charge in [0.15, 0.2) is 0 Å². The minimum Gasteiger partial charge on any atom is -0.530 e. The van der Waals surface area contributed by atoms with Gasteiger partial charge in [0.25, 0.3) is 0 Å². The molecule has 1 aromatic heterocycles. The fraction of sp³-hybridized carbons (Fsp3) is 0.565. The summed E-state index contributed by atoms with van der Waals surface area (Å²) in [5.74, 6) is -1.73. The van der Waals surface area contributed by atoms with Gasteiger partial charge >= 0.3 is 6.36 Å². The molecule has 0 radical (unpaired) electrons. The first-order chi connectivity index (χ1) is 17.0. The summed E-state index contributed by atoms with van der Waals surface area (Å²) in [4.78, 5) is 27.7.